The van der Waals surface area contributed by atoms with Gasteiger partial charge in [0.1, 0.15) is 18.9 Å². The van der Waals surface area contributed by atoms with Crippen molar-refractivity contribution in [1.82, 2.24) is 5.32 Å². The minimum atomic E-state index is -4.41. The zero-order chi connectivity index (χ0) is 39.5. The number of phosphoric ester groups is 1. The molecule has 0 bridgehead atoms. The molecule has 53 heavy (non-hydrogen) atoms. The fourth-order valence-corrected chi connectivity index (χ4v) is 7.11. The Balaban J connectivity index is 2.60. The lowest BCUT2D eigenvalue weighted by Gasteiger charge is -2.25. The lowest BCUT2D eigenvalue weighted by Crippen LogP contribution is -2.45. The molecule has 0 radical (unpaired) electrons. The van der Waals surface area contributed by atoms with E-state index in [-0.39, 0.29) is 43.0 Å². The average molecular weight is 772 g/mol. The van der Waals surface area contributed by atoms with Gasteiger partial charge in [0, 0.05) is 18.8 Å². The summed E-state index contributed by atoms with van der Waals surface area (Å²) in [4.78, 5) is 35.7. The number of allylic oxidation sites excluding steroid dienone is 4. The Labute approximate surface area is 321 Å². The molecule has 1 aliphatic rings. The third-order valence-electron chi connectivity index (χ3n) is 9.74. The molecule has 5 N–H and O–H groups in total. The molecule has 0 aromatic heterocycles. The normalized spacial score (nSPS) is 21.2. The monoisotopic (exact) mass is 772 g/mol. The van der Waals surface area contributed by atoms with E-state index < -0.39 is 38.8 Å². The summed E-state index contributed by atoms with van der Waals surface area (Å²) in [5.74, 6) is -0.836. The molecule has 0 aliphatic heterocycles. The van der Waals surface area contributed by atoms with E-state index in [0.717, 1.165) is 51.4 Å². The second kappa shape index (κ2) is 28.7. The van der Waals surface area contributed by atoms with E-state index in [2.05, 4.69) is 31.3 Å². The smallest absolute Gasteiger partial charge is 0.392 e. The Morgan fingerprint density at radius 1 is 0.887 bits per heavy atom. The average Bonchev–Trinajstić information content (AvgIpc) is 3.36. The number of likely N-dealkylation sites (N-methyl/N-ethyl adjacent to an activating group) is 1. The Hall–Kier alpha value is -1.69. The van der Waals surface area contributed by atoms with Crippen molar-refractivity contribution < 1.29 is 47.9 Å². The van der Waals surface area contributed by atoms with E-state index in [1.165, 1.54) is 32.1 Å². The molecule has 1 amide bonds. The number of aliphatic hydroxyl groups excluding tert-OH is 3. The highest BCUT2D eigenvalue weighted by molar-refractivity contribution is 7.47. The Morgan fingerprint density at radius 3 is 2.25 bits per heavy atom. The highest BCUT2D eigenvalue weighted by Crippen LogP contribution is 2.43. The second-order valence-electron chi connectivity index (χ2n) is 15.8. The van der Waals surface area contributed by atoms with E-state index in [1.54, 1.807) is 18.2 Å². The first-order chi connectivity index (χ1) is 25.2. The number of nitrogens with zero attached hydrogens (tertiary/aromatic N) is 1. The standard InChI is InChI=1S/C41H75N2O9P/c1-6-8-10-11-12-13-14-15-16-17-22-26-38(45)37(33-52-53(49,50)51-31-30-43(3,4)5)42-41(48)27-23-19-18-21-25-35-36(40(47)32-39(35)46)29-28-34(44)24-20-9-7-2/h14-15,22,26,28-29,34-39,44-46H,6-13,16-21,23-25,27,30-33H2,1-5H3,(H-,42,48,49,50)/p+1/b15-14-,26-22+,29-28+/t34-,35+,36+,37-,38+,39-/m0/s1. The molecule has 0 aromatic carbocycles. The summed E-state index contributed by atoms with van der Waals surface area (Å²) in [7, 11) is 1.40. The van der Waals surface area contributed by atoms with Gasteiger partial charge in [0.05, 0.1) is 52.1 Å². The van der Waals surface area contributed by atoms with Crippen molar-refractivity contribution in [2.45, 2.75) is 160 Å². The first kappa shape index (κ1) is 49.3. The van der Waals surface area contributed by atoms with Crippen LogP contribution in [0.25, 0.3) is 0 Å². The summed E-state index contributed by atoms with van der Waals surface area (Å²) >= 11 is 0. The van der Waals surface area contributed by atoms with Gasteiger partial charge < -0.3 is 30.0 Å². The number of ketones is 1. The largest absolute Gasteiger partial charge is 0.472 e. The molecule has 1 unspecified atom stereocenters. The van der Waals surface area contributed by atoms with Crippen LogP contribution in [0.15, 0.2) is 36.5 Å². The minimum absolute atomic E-state index is 0.0125. The summed E-state index contributed by atoms with van der Waals surface area (Å²) in [6, 6.07) is -0.948. The van der Waals surface area contributed by atoms with Crippen LogP contribution in [-0.2, 0) is 23.2 Å². The number of unbranched alkanes of at least 4 members (excludes halogenated alkanes) is 11. The van der Waals surface area contributed by atoms with E-state index in [1.807, 2.05) is 27.2 Å². The van der Waals surface area contributed by atoms with E-state index in [4.69, 9.17) is 9.05 Å². The van der Waals surface area contributed by atoms with Gasteiger partial charge in [0.2, 0.25) is 5.91 Å². The molecule has 11 nitrogen and oxygen atoms in total. The molecule has 0 spiro atoms. The number of amides is 1. The maximum Gasteiger partial charge on any atom is 0.472 e. The maximum atomic E-state index is 12.9. The van der Waals surface area contributed by atoms with Crippen molar-refractivity contribution in [2.75, 3.05) is 40.9 Å². The van der Waals surface area contributed by atoms with Crippen LogP contribution in [0, 0.1) is 11.8 Å². The number of quaternary nitrogens is 1. The summed E-state index contributed by atoms with van der Waals surface area (Å²) in [6.45, 7) is 4.43. The van der Waals surface area contributed by atoms with Crippen LogP contribution in [0.2, 0.25) is 0 Å². The lowest BCUT2D eigenvalue weighted by atomic mass is 9.88. The maximum absolute atomic E-state index is 12.9. The lowest BCUT2D eigenvalue weighted by molar-refractivity contribution is -0.870. The number of hydrogen-bond acceptors (Lipinski definition) is 8. The fourth-order valence-electron chi connectivity index (χ4n) is 6.37. The number of carbonyl (C=O) groups is 2. The van der Waals surface area contributed by atoms with Crippen LogP contribution in [0.1, 0.15) is 136 Å². The molecule has 0 aromatic rings. The van der Waals surface area contributed by atoms with Gasteiger partial charge in [-0.25, -0.2) is 4.57 Å². The highest BCUT2D eigenvalue weighted by Gasteiger charge is 2.39. The molecule has 0 heterocycles. The molecule has 12 heteroatoms. The molecule has 1 fully saturated rings. The van der Waals surface area contributed by atoms with Gasteiger partial charge in [0.15, 0.2) is 0 Å². The van der Waals surface area contributed by atoms with Crippen LogP contribution in [0.3, 0.4) is 0 Å². The van der Waals surface area contributed by atoms with Crippen molar-refractivity contribution in [3.8, 4) is 0 Å². The first-order valence-corrected chi connectivity index (χ1v) is 22.0. The topological polar surface area (TPSA) is 163 Å². The van der Waals surface area contributed by atoms with Crippen molar-refractivity contribution in [3.63, 3.8) is 0 Å². The number of Topliss-reactive ketones (excluding diaryl/α,β-unsaturated/α-hetero) is 1. The van der Waals surface area contributed by atoms with Gasteiger partial charge in [-0.3, -0.25) is 18.6 Å². The summed E-state index contributed by atoms with van der Waals surface area (Å²) in [6.07, 6.45) is 25.5. The molecule has 308 valence electrons. The van der Waals surface area contributed by atoms with Gasteiger partial charge >= 0.3 is 7.82 Å². The molecule has 0 saturated heterocycles. The SMILES string of the molecule is CCCCCCC/C=C\CC/C=C/[C@@H](O)[C@H](COP(=O)(O)OCC[N+](C)(C)C)NC(=O)CCCCCC[C@H]1[C@@H](O)CC(=O)[C@@H]1/C=C/[C@@H](O)CCCCC. The molecule has 1 rings (SSSR count). The number of hydrogen-bond donors (Lipinski definition) is 5. The first-order valence-electron chi connectivity index (χ1n) is 20.5. The second-order valence-corrected chi connectivity index (χ2v) is 17.2. The molecule has 1 saturated carbocycles. The third kappa shape index (κ3) is 25.2. The van der Waals surface area contributed by atoms with E-state index >= 15 is 0 Å². The third-order valence-corrected chi connectivity index (χ3v) is 10.7. The molecule has 1 aliphatic carbocycles. The quantitative estimate of drug-likeness (QED) is 0.0204. The van der Waals surface area contributed by atoms with Crippen molar-refractivity contribution in [3.05, 3.63) is 36.5 Å². The fraction of sp³-hybridized carbons (Fsp3) is 0.805. The number of rotatable bonds is 32. The van der Waals surface area contributed by atoms with Crippen molar-refractivity contribution in [1.29, 1.82) is 0 Å². The zero-order valence-corrected chi connectivity index (χ0v) is 34.6. The van der Waals surface area contributed by atoms with E-state index in [9.17, 15) is 34.4 Å². The summed E-state index contributed by atoms with van der Waals surface area (Å²) in [5.41, 5.74) is 0. The number of nitrogens with one attached hydrogen (secondary N) is 1. The number of carbonyl (C=O) groups excluding carboxylic acids is 2. The van der Waals surface area contributed by atoms with Gasteiger partial charge in [-0.05, 0) is 50.9 Å². The highest BCUT2D eigenvalue weighted by atomic mass is 31.2. The molecular weight excluding hydrogens is 695 g/mol. The zero-order valence-electron chi connectivity index (χ0n) is 33.7. The van der Waals surface area contributed by atoms with Crippen LogP contribution in [0.4, 0.5) is 0 Å². The van der Waals surface area contributed by atoms with Gasteiger partial charge in [0.25, 0.3) is 0 Å². The Kier molecular flexibility index (Phi) is 26.7. The van der Waals surface area contributed by atoms with Gasteiger partial charge in [-0.15, -0.1) is 0 Å². The van der Waals surface area contributed by atoms with Gasteiger partial charge in [-0.1, -0.05) is 115 Å². The molecule has 7 atom stereocenters. The van der Waals surface area contributed by atoms with Crippen molar-refractivity contribution >= 4 is 19.5 Å². The van der Waals surface area contributed by atoms with Gasteiger partial charge in [-0.2, -0.15) is 0 Å². The van der Waals surface area contributed by atoms with Crippen LogP contribution < -0.4 is 5.32 Å². The predicted octanol–water partition coefficient (Wildman–Crippen LogP) is 7.33. The predicted molar refractivity (Wildman–Crippen MR) is 213 cm³/mol. The summed E-state index contributed by atoms with van der Waals surface area (Å²) < 4.78 is 23.4. The summed E-state index contributed by atoms with van der Waals surface area (Å²) in [5, 5.41) is 34.5. The minimum Gasteiger partial charge on any atom is -0.392 e. The Morgan fingerprint density at radius 2 is 1.53 bits per heavy atom. The van der Waals surface area contributed by atoms with E-state index in [0.29, 0.717) is 36.7 Å². The van der Waals surface area contributed by atoms with Crippen molar-refractivity contribution in [2.24, 2.45) is 11.8 Å². The number of phosphoric acid groups is 1. The van der Waals surface area contributed by atoms with Crippen LogP contribution >= 0.6 is 7.82 Å². The number of aliphatic hydroxyl groups is 3. The van der Waals surface area contributed by atoms with Crippen LogP contribution in [-0.4, -0.2) is 102 Å². The van der Waals surface area contributed by atoms with Crippen LogP contribution in [0.5, 0.6) is 0 Å². The Bertz CT molecular complexity index is 1120. The molecular formula is C41H76N2O9P+.